The molecular formula is C9H9F3O4SSi. The Hall–Kier alpha value is -1.06. The molecule has 18 heavy (non-hydrogen) atoms. The Morgan fingerprint density at radius 2 is 1.78 bits per heavy atom. The molecule has 0 aliphatic heterocycles. The van der Waals surface area contributed by atoms with E-state index in [1.807, 2.05) is 0 Å². The van der Waals surface area contributed by atoms with Crippen molar-refractivity contribution in [2.24, 2.45) is 0 Å². The summed E-state index contributed by atoms with van der Waals surface area (Å²) in [6.45, 7) is 2.25. The lowest BCUT2D eigenvalue weighted by atomic mass is 10.3. The van der Waals surface area contributed by atoms with Crippen LogP contribution in [0, 0.1) is 0 Å². The normalized spacial score (nSPS) is 12.4. The molecule has 0 N–H and O–H groups in total. The smallest absolute Gasteiger partial charge is 0.494 e. The van der Waals surface area contributed by atoms with Gasteiger partial charge in [0.2, 0.25) is 0 Å². The molecule has 1 aromatic carbocycles. The highest BCUT2D eigenvalue weighted by molar-refractivity contribution is 7.88. The fourth-order valence-electron chi connectivity index (χ4n) is 0.936. The Balaban J connectivity index is 2.65. The first kappa shape index (κ1) is 15.0. The van der Waals surface area contributed by atoms with E-state index in [2.05, 4.69) is 3.87 Å². The molecular weight excluding hydrogens is 289 g/mol. The van der Waals surface area contributed by atoms with Crippen LogP contribution in [0.2, 0.25) is 0 Å². The van der Waals surface area contributed by atoms with Crippen molar-refractivity contribution >= 4 is 25.1 Å². The van der Waals surface area contributed by atoms with Crippen LogP contribution in [0.4, 0.5) is 13.2 Å². The molecule has 0 aliphatic rings. The molecule has 0 fully saturated rings. The quantitative estimate of drug-likeness (QED) is 0.605. The van der Waals surface area contributed by atoms with Crippen molar-refractivity contribution in [2.75, 3.05) is 6.61 Å². The minimum Gasteiger partial charge on any atom is -0.494 e. The van der Waals surface area contributed by atoms with Gasteiger partial charge in [-0.1, -0.05) is 12.1 Å². The highest BCUT2D eigenvalue weighted by Crippen LogP contribution is 2.23. The third kappa shape index (κ3) is 4.00. The highest BCUT2D eigenvalue weighted by Gasteiger charge is 2.47. The summed E-state index contributed by atoms with van der Waals surface area (Å²) in [4.78, 5) is 0. The van der Waals surface area contributed by atoms with Gasteiger partial charge in [0.15, 0.2) is 0 Å². The Labute approximate surface area is 105 Å². The van der Waals surface area contributed by atoms with Crippen LogP contribution in [0.1, 0.15) is 6.92 Å². The van der Waals surface area contributed by atoms with Gasteiger partial charge in [-0.25, -0.2) is 0 Å². The fourth-order valence-corrected chi connectivity index (χ4v) is 2.44. The lowest BCUT2D eigenvalue weighted by molar-refractivity contribution is -0.0498. The molecule has 1 aromatic rings. The number of ether oxygens (including phenoxy) is 1. The lowest BCUT2D eigenvalue weighted by Crippen LogP contribution is -2.30. The molecule has 0 saturated carbocycles. The molecule has 0 aliphatic carbocycles. The number of halogens is 3. The molecule has 0 aromatic heterocycles. The van der Waals surface area contributed by atoms with E-state index in [9.17, 15) is 21.6 Å². The van der Waals surface area contributed by atoms with E-state index in [1.165, 1.54) is 24.3 Å². The van der Waals surface area contributed by atoms with Gasteiger partial charge in [-0.05, 0) is 24.2 Å². The summed E-state index contributed by atoms with van der Waals surface area (Å²) in [5.74, 6) is 0.546. The molecule has 1 rings (SSSR count). The first-order valence-electron chi connectivity index (χ1n) is 4.75. The summed E-state index contributed by atoms with van der Waals surface area (Å²) < 4.78 is 66.2. The molecule has 0 spiro atoms. The van der Waals surface area contributed by atoms with E-state index in [0.717, 1.165) is 0 Å². The minimum absolute atomic E-state index is 0.325. The molecule has 0 atom stereocenters. The molecule has 4 nitrogen and oxygen atoms in total. The maximum atomic E-state index is 12.0. The third-order valence-corrected chi connectivity index (χ3v) is 4.06. The molecule has 0 saturated heterocycles. The average Bonchev–Trinajstić information content (AvgIpc) is 2.27. The van der Waals surface area contributed by atoms with Crippen LogP contribution in [-0.2, 0) is 14.0 Å². The molecule has 2 radical (unpaired) electrons. The number of hydrogen-bond acceptors (Lipinski definition) is 4. The van der Waals surface area contributed by atoms with Crippen molar-refractivity contribution in [2.45, 2.75) is 12.4 Å². The number of benzene rings is 1. The van der Waals surface area contributed by atoms with E-state index < -0.39 is 25.4 Å². The fraction of sp³-hybridized carbons (Fsp3) is 0.333. The van der Waals surface area contributed by atoms with Gasteiger partial charge in [0.05, 0.1) is 6.61 Å². The van der Waals surface area contributed by atoms with Crippen LogP contribution in [-0.4, -0.2) is 30.3 Å². The van der Waals surface area contributed by atoms with Gasteiger partial charge < -0.3 is 8.61 Å². The van der Waals surface area contributed by atoms with Gasteiger partial charge in [-0.15, -0.1) is 0 Å². The van der Waals surface area contributed by atoms with Gasteiger partial charge >= 0.3 is 15.6 Å². The Morgan fingerprint density at radius 1 is 1.22 bits per heavy atom. The summed E-state index contributed by atoms with van der Waals surface area (Å²) in [7, 11) is -6.47. The number of hydrogen-bond donors (Lipinski definition) is 0. The van der Waals surface area contributed by atoms with E-state index >= 15 is 0 Å². The Kier molecular flexibility index (Phi) is 4.76. The topological polar surface area (TPSA) is 52.6 Å². The standard InChI is InChI=1S/C9H9F3O4SSi/c1-2-15-7-3-5-8(6-4-7)18-16-17(13,14)9(10,11)12/h3-6H,2H2,1H3. The van der Waals surface area contributed by atoms with Crippen molar-refractivity contribution in [3.63, 3.8) is 0 Å². The second-order valence-electron chi connectivity index (χ2n) is 3.04. The number of alkyl halides is 3. The summed E-state index contributed by atoms with van der Waals surface area (Å²) in [6, 6.07) is 5.93. The third-order valence-electron chi connectivity index (χ3n) is 1.72. The van der Waals surface area contributed by atoms with E-state index in [4.69, 9.17) is 4.74 Å². The van der Waals surface area contributed by atoms with Crippen LogP contribution in [0.15, 0.2) is 24.3 Å². The molecule has 0 bridgehead atoms. The van der Waals surface area contributed by atoms with Crippen molar-refractivity contribution in [3.05, 3.63) is 24.3 Å². The Morgan fingerprint density at radius 3 is 2.22 bits per heavy atom. The number of rotatable bonds is 5. The average molecular weight is 298 g/mol. The van der Waals surface area contributed by atoms with Gasteiger partial charge in [0, 0.05) is 0 Å². The van der Waals surface area contributed by atoms with Crippen LogP contribution in [0.3, 0.4) is 0 Å². The first-order chi connectivity index (χ1) is 8.26. The van der Waals surface area contributed by atoms with Gasteiger partial charge in [0.1, 0.15) is 5.75 Å². The maximum absolute atomic E-state index is 12.0. The highest BCUT2D eigenvalue weighted by atomic mass is 32.2. The predicted molar refractivity (Wildman–Crippen MR) is 59.1 cm³/mol. The predicted octanol–water partition coefficient (Wildman–Crippen LogP) is 1.20. The lowest BCUT2D eigenvalue weighted by Gasteiger charge is -2.08. The molecule has 9 heteroatoms. The SMILES string of the molecule is CCOc1ccc([Si]OS(=O)(=O)C(F)(F)F)cc1. The summed E-state index contributed by atoms with van der Waals surface area (Å²) in [6.07, 6.45) is 0. The van der Waals surface area contributed by atoms with E-state index in [-0.39, 0.29) is 0 Å². The summed E-state index contributed by atoms with van der Waals surface area (Å²) >= 11 is 0. The Bertz CT molecular complexity index is 484. The monoisotopic (exact) mass is 298 g/mol. The van der Waals surface area contributed by atoms with Crippen molar-refractivity contribution in [1.29, 1.82) is 0 Å². The van der Waals surface area contributed by atoms with Crippen molar-refractivity contribution < 1.29 is 30.2 Å². The van der Waals surface area contributed by atoms with Gasteiger partial charge in [-0.3, -0.25) is 0 Å². The molecule has 0 heterocycles. The summed E-state index contributed by atoms with van der Waals surface area (Å²) in [5.41, 5.74) is -5.40. The van der Waals surface area contributed by atoms with Gasteiger partial charge in [0.25, 0.3) is 9.76 Å². The summed E-state index contributed by atoms with van der Waals surface area (Å²) in [5, 5.41) is 0.325. The second-order valence-corrected chi connectivity index (χ2v) is 5.86. The minimum atomic E-state index is -5.54. The molecule has 100 valence electrons. The van der Waals surface area contributed by atoms with Crippen LogP contribution < -0.4 is 9.92 Å². The molecule has 0 unspecified atom stereocenters. The van der Waals surface area contributed by atoms with Crippen LogP contribution in [0.5, 0.6) is 5.75 Å². The first-order valence-corrected chi connectivity index (χ1v) is 7.06. The van der Waals surface area contributed by atoms with Crippen LogP contribution >= 0.6 is 0 Å². The van der Waals surface area contributed by atoms with Crippen LogP contribution in [0.25, 0.3) is 0 Å². The zero-order chi connectivity index (χ0) is 13.8. The maximum Gasteiger partial charge on any atom is 0.522 e. The van der Waals surface area contributed by atoms with Crippen molar-refractivity contribution in [3.8, 4) is 5.75 Å². The molecule has 0 amide bonds. The van der Waals surface area contributed by atoms with Crippen molar-refractivity contribution in [1.82, 2.24) is 0 Å². The zero-order valence-corrected chi connectivity index (χ0v) is 11.0. The largest absolute Gasteiger partial charge is 0.522 e. The van der Waals surface area contributed by atoms with E-state index in [1.54, 1.807) is 6.92 Å². The zero-order valence-electron chi connectivity index (χ0n) is 9.19. The second kappa shape index (κ2) is 5.72. The van der Waals surface area contributed by atoms with Gasteiger partial charge in [-0.2, -0.15) is 21.6 Å². The van der Waals surface area contributed by atoms with E-state index in [0.29, 0.717) is 17.5 Å².